The lowest BCUT2D eigenvalue weighted by Gasteiger charge is -2.31. The molecule has 0 unspecified atom stereocenters. The van der Waals surface area contributed by atoms with E-state index in [1.165, 1.54) is 0 Å². The highest BCUT2D eigenvalue weighted by atomic mass is 16.3. The van der Waals surface area contributed by atoms with Crippen molar-refractivity contribution in [2.24, 2.45) is 0 Å². The van der Waals surface area contributed by atoms with Gasteiger partial charge in [0.25, 0.3) is 0 Å². The number of hydrogen-bond acceptors (Lipinski definition) is 3. The first-order valence-corrected chi connectivity index (χ1v) is 7.34. The van der Waals surface area contributed by atoms with Crippen LogP contribution in [-0.2, 0) is 11.8 Å². The van der Waals surface area contributed by atoms with E-state index in [1.54, 1.807) is 0 Å². The normalized spacial score (nSPS) is 12.1. The molecule has 0 bridgehead atoms. The summed E-state index contributed by atoms with van der Waals surface area (Å²) in [5, 5.41) is 24.4. The molecule has 0 aliphatic rings. The van der Waals surface area contributed by atoms with Crippen molar-refractivity contribution in [2.75, 3.05) is 13.2 Å². The molecule has 114 valence electrons. The molecule has 0 atom stereocenters. The first-order valence-electron chi connectivity index (χ1n) is 7.34. The molecule has 2 rings (SSSR count). The molecule has 0 aliphatic heterocycles. The molecule has 0 spiro atoms. The summed E-state index contributed by atoms with van der Waals surface area (Å²) in [7, 11) is 0. The lowest BCUT2D eigenvalue weighted by atomic mass is 9.76. The number of rotatable bonds is 6. The Morgan fingerprint density at radius 1 is 1.14 bits per heavy atom. The van der Waals surface area contributed by atoms with Gasteiger partial charge in [-0.25, -0.2) is 0 Å². The molecular formula is C17H24N2O2. The summed E-state index contributed by atoms with van der Waals surface area (Å²) in [5.41, 5.74) is 2.25. The summed E-state index contributed by atoms with van der Waals surface area (Å²) < 4.78 is 1.90. The van der Waals surface area contributed by atoms with E-state index in [0.29, 0.717) is 12.5 Å². The van der Waals surface area contributed by atoms with Crippen LogP contribution in [0.15, 0.2) is 36.5 Å². The van der Waals surface area contributed by atoms with Gasteiger partial charge in [0.05, 0.1) is 18.9 Å². The topological polar surface area (TPSA) is 58.3 Å². The van der Waals surface area contributed by atoms with E-state index < -0.39 is 5.41 Å². The highest BCUT2D eigenvalue weighted by Gasteiger charge is 2.33. The number of aryl methyl sites for hydroxylation is 1. The van der Waals surface area contributed by atoms with E-state index >= 15 is 0 Å². The molecule has 0 aliphatic carbocycles. The van der Waals surface area contributed by atoms with E-state index in [2.05, 4.69) is 18.9 Å². The van der Waals surface area contributed by atoms with Crippen molar-refractivity contribution in [3.05, 3.63) is 53.3 Å². The Kier molecular flexibility index (Phi) is 4.80. The zero-order valence-corrected chi connectivity index (χ0v) is 13.0. The van der Waals surface area contributed by atoms with Crippen LogP contribution in [0.2, 0.25) is 0 Å². The molecular weight excluding hydrogens is 264 g/mol. The Morgan fingerprint density at radius 3 is 2.33 bits per heavy atom. The second-order valence-electron chi connectivity index (χ2n) is 5.97. The maximum Gasteiger partial charge on any atom is 0.0635 e. The zero-order valence-electron chi connectivity index (χ0n) is 13.0. The largest absolute Gasteiger partial charge is 0.395 e. The molecule has 4 heteroatoms. The maximum atomic E-state index is 9.94. The monoisotopic (exact) mass is 288 g/mol. The number of benzene rings is 1. The van der Waals surface area contributed by atoms with E-state index in [4.69, 9.17) is 0 Å². The lowest BCUT2D eigenvalue weighted by Crippen LogP contribution is -2.38. The number of aliphatic hydroxyl groups is 2. The highest BCUT2D eigenvalue weighted by Crippen LogP contribution is 2.30. The lowest BCUT2D eigenvalue weighted by molar-refractivity contribution is 0.115. The van der Waals surface area contributed by atoms with Crippen LogP contribution in [0, 0.1) is 6.92 Å². The fraction of sp³-hybridized carbons (Fsp3) is 0.471. The molecule has 0 saturated heterocycles. The predicted octanol–water partition coefficient (Wildman–Crippen LogP) is 2.24. The summed E-state index contributed by atoms with van der Waals surface area (Å²) in [5.74, 6) is 0. The van der Waals surface area contributed by atoms with Crippen molar-refractivity contribution in [3.63, 3.8) is 0 Å². The van der Waals surface area contributed by atoms with E-state index in [0.717, 1.165) is 16.8 Å². The van der Waals surface area contributed by atoms with Crippen molar-refractivity contribution in [1.29, 1.82) is 0 Å². The molecule has 0 saturated carbocycles. The van der Waals surface area contributed by atoms with Crippen molar-refractivity contribution >= 4 is 0 Å². The van der Waals surface area contributed by atoms with Crippen molar-refractivity contribution in [2.45, 2.75) is 38.6 Å². The standard InChI is InChI=1S/C17H24N2O2/c1-13(2)19-9-8-15(18-19)10-17(11-20,12-21)16-7-5-4-6-14(16)3/h4-9,13,20-21H,10-12H2,1-3H3. The number of nitrogens with zero attached hydrogens (tertiary/aromatic N) is 2. The minimum atomic E-state index is -0.693. The van der Waals surface area contributed by atoms with Crippen molar-refractivity contribution < 1.29 is 10.2 Å². The van der Waals surface area contributed by atoms with Crippen LogP contribution >= 0.6 is 0 Å². The van der Waals surface area contributed by atoms with Crippen LogP contribution in [0.1, 0.15) is 36.7 Å². The van der Waals surface area contributed by atoms with Gasteiger partial charge in [-0.2, -0.15) is 5.10 Å². The van der Waals surface area contributed by atoms with E-state index in [1.807, 2.05) is 48.1 Å². The molecule has 0 amide bonds. The third-order valence-corrected chi connectivity index (χ3v) is 4.03. The molecule has 4 nitrogen and oxygen atoms in total. The third kappa shape index (κ3) is 3.17. The molecule has 2 aromatic rings. The Balaban J connectivity index is 2.36. The molecule has 1 aromatic heterocycles. The second kappa shape index (κ2) is 6.41. The quantitative estimate of drug-likeness (QED) is 0.857. The smallest absolute Gasteiger partial charge is 0.0635 e. The summed E-state index contributed by atoms with van der Waals surface area (Å²) >= 11 is 0. The van der Waals surface area contributed by atoms with Gasteiger partial charge >= 0.3 is 0 Å². The van der Waals surface area contributed by atoms with Crippen LogP contribution in [0.25, 0.3) is 0 Å². The Hall–Kier alpha value is -1.65. The second-order valence-corrected chi connectivity index (χ2v) is 5.97. The molecule has 1 heterocycles. The molecule has 0 radical (unpaired) electrons. The zero-order chi connectivity index (χ0) is 15.5. The van der Waals surface area contributed by atoms with Crippen molar-refractivity contribution in [3.8, 4) is 0 Å². The van der Waals surface area contributed by atoms with Crippen LogP contribution in [-0.4, -0.2) is 33.2 Å². The Morgan fingerprint density at radius 2 is 1.81 bits per heavy atom. The highest BCUT2D eigenvalue weighted by molar-refractivity contribution is 5.35. The van der Waals surface area contributed by atoms with Gasteiger partial charge in [0.1, 0.15) is 0 Å². The van der Waals surface area contributed by atoms with Crippen LogP contribution in [0.5, 0.6) is 0 Å². The molecule has 2 N–H and O–H groups in total. The van der Waals surface area contributed by atoms with Gasteiger partial charge < -0.3 is 10.2 Å². The van der Waals surface area contributed by atoms with Gasteiger partial charge in [0.2, 0.25) is 0 Å². The molecule has 21 heavy (non-hydrogen) atoms. The average molecular weight is 288 g/mol. The Labute approximate surface area is 126 Å². The number of aromatic nitrogens is 2. The number of aliphatic hydroxyl groups excluding tert-OH is 2. The summed E-state index contributed by atoms with van der Waals surface area (Å²) in [6.45, 7) is 5.93. The maximum absolute atomic E-state index is 9.94. The summed E-state index contributed by atoms with van der Waals surface area (Å²) in [6, 6.07) is 10.1. The van der Waals surface area contributed by atoms with Gasteiger partial charge in [0.15, 0.2) is 0 Å². The van der Waals surface area contributed by atoms with Crippen molar-refractivity contribution in [1.82, 2.24) is 9.78 Å². The first kappa shape index (κ1) is 15.7. The van der Waals surface area contributed by atoms with Gasteiger partial charge in [0, 0.05) is 24.1 Å². The van der Waals surface area contributed by atoms with Crippen LogP contribution in [0.3, 0.4) is 0 Å². The number of hydrogen-bond donors (Lipinski definition) is 2. The van der Waals surface area contributed by atoms with Gasteiger partial charge in [-0.05, 0) is 38.0 Å². The minimum absolute atomic E-state index is 0.108. The van der Waals surface area contributed by atoms with Gasteiger partial charge in [-0.15, -0.1) is 0 Å². The summed E-state index contributed by atoms with van der Waals surface area (Å²) in [4.78, 5) is 0. The SMILES string of the molecule is Cc1ccccc1C(CO)(CO)Cc1ccn(C(C)C)n1. The fourth-order valence-corrected chi connectivity index (χ4v) is 2.70. The Bertz CT molecular complexity index is 586. The minimum Gasteiger partial charge on any atom is -0.395 e. The van der Waals surface area contributed by atoms with Gasteiger partial charge in [-0.1, -0.05) is 24.3 Å². The molecule has 0 fully saturated rings. The van der Waals surface area contributed by atoms with Gasteiger partial charge in [-0.3, -0.25) is 4.68 Å². The first-order chi connectivity index (χ1) is 10.0. The predicted molar refractivity (Wildman–Crippen MR) is 83.3 cm³/mol. The van der Waals surface area contributed by atoms with E-state index in [-0.39, 0.29) is 13.2 Å². The summed E-state index contributed by atoms with van der Waals surface area (Å²) in [6.07, 6.45) is 2.46. The molecule has 1 aromatic carbocycles. The fourth-order valence-electron chi connectivity index (χ4n) is 2.70. The van der Waals surface area contributed by atoms with Crippen LogP contribution in [0.4, 0.5) is 0 Å². The van der Waals surface area contributed by atoms with E-state index in [9.17, 15) is 10.2 Å². The van der Waals surface area contributed by atoms with Crippen LogP contribution < -0.4 is 0 Å². The third-order valence-electron chi connectivity index (χ3n) is 4.03. The average Bonchev–Trinajstić information content (AvgIpc) is 2.94.